The number of nitrogens with zero attached hydrogens (tertiary/aromatic N) is 1. The zero-order chi connectivity index (χ0) is 20.4. The van der Waals surface area contributed by atoms with Crippen LogP contribution in [0.15, 0.2) is 48.7 Å². The van der Waals surface area contributed by atoms with E-state index in [1.54, 1.807) is 7.11 Å². The Morgan fingerprint density at radius 3 is 2.62 bits per heavy atom. The maximum atomic E-state index is 5.77. The molecule has 0 saturated carbocycles. The number of hydrogen-bond donors (Lipinski definition) is 2. The molecule has 4 aromatic rings. The Balaban J connectivity index is 1.99. The summed E-state index contributed by atoms with van der Waals surface area (Å²) >= 11 is 0. The van der Waals surface area contributed by atoms with Crippen molar-refractivity contribution in [3.63, 3.8) is 0 Å². The minimum absolute atomic E-state index is 0.455. The van der Waals surface area contributed by atoms with E-state index >= 15 is 0 Å². The van der Waals surface area contributed by atoms with Crippen LogP contribution >= 0.6 is 0 Å². The number of aromatic nitrogens is 2. The van der Waals surface area contributed by atoms with Crippen LogP contribution in [0.4, 0.5) is 0 Å². The molecule has 2 aromatic heterocycles. The fraction of sp³-hybridized carbons (Fsp3) is 0.320. The van der Waals surface area contributed by atoms with Gasteiger partial charge >= 0.3 is 0 Å². The second-order valence-corrected chi connectivity index (χ2v) is 7.86. The van der Waals surface area contributed by atoms with E-state index < -0.39 is 0 Å². The average molecular weight is 388 g/mol. The minimum Gasteiger partial charge on any atom is -0.494 e. The Hall–Kier alpha value is -2.85. The van der Waals surface area contributed by atoms with E-state index in [2.05, 4.69) is 54.1 Å². The zero-order valence-corrected chi connectivity index (χ0v) is 17.5. The van der Waals surface area contributed by atoms with Crippen LogP contribution in [0.2, 0.25) is 0 Å². The fourth-order valence-corrected chi connectivity index (χ4v) is 4.24. The lowest BCUT2D eigenvalue weighted by molar-refractivity contribution is 0.419. The molecule has 0 unspecified atom stereocenters. The van der Waals surface area contributed by atoms with Crippen LogP contribution in [-0.4, -0.2) is 23.6 Å². The van der Waals surface area contributed by atoms with Crippen LogP contribution in [0, 0.1) is 0 Å². The molecular weight excluding hydrogens is 358 g/mol. The molecule has 0 amide bonds. The Labute approximate surface area is 172 Å². The standard InChI is InChI=1S/C25H29N3O/c1-16(2)17-9-6-10-19-18(8-4-5-14-26)24(28-23(17)19)21-12-13-22(29-3)25-20(21)11-7-15-27-25/h6-7,9-13,15-16,28H,4-5,8,14,26H2,1-3H3. The van der Waals surface area contributed by atoms with Crippen molar-refractivity contribution in [3.05, 3.63) is 59.8 Å². The molecule has 0 atom stereocenters. The number of benzene rings is 2. The van der Waals surface area contributed by atoms with Crippen LogP contribution in [0.3, 0.4) is 0 Å². The molecule has 29 heavy (non-hydrogen) atoms. The van der Waals surface area contributed by atoms with E-state index in [0.29, 0.717) is 5.92 Å². The summed E-state index contributed by atoms with van der Waals surface area (Å²) in [5, 5.41) is 2.42. The molecule has 0 spiro atoms. The number of fused-ring (bicyclic) bond motifs is 2. The van der Waals surface area contributed by atoms with Crippen LogP contribution in [0.1, 0.15) is 43.7 Å². The molecule has 0 aliphatic heterocycles. The number of hydrogen-bond acceptors (Lipinski definition) is 3. The van der Waals surface area contributed by atoms with Crippen LogP contribution < -0.4 is 10.5 Å². The van der Waals surface area contributed by atoms with Gasteiger partial charge in [-0.3, -0.25) is 4.98 Å². The van der Waals surface area contributed by atoms with Gasteiger partial charge in [-0.05, 0) is 61.1 Å². The van der Waals surface area contributed by atoms with Gasteiger partial charge in [-0.25, -0.2) is 0 Å². The Morgan fingerprint density at radius 1 is 1.03 bits per heavy atom. The summed E-state index contributed by atoms with van der Waals surface area (Å²) in [7, 11) is 1.69. The molecule has 150 valence electrons. The highest BCUT2D eigenvalue weighted by molar-refractivity contribution is 6.02. The third kappa shape index (κ3) is 3.49. The first-order chi connectivity index (χ1) is 14.2. The Kier molecular flexibility index (Phi) is 5.54. The summed E-state index contributed by atoms with van der Waals surface area (Å²) in [5.41, 5.74) is 13.0. The number of pyridine rings is 1. The smallest absolute Gasteiger partial charge is 0.145 e. The molecule has 4 rings (SSSR count). The molecule has 3 N–H and O–H groups in total. The number of H-pyrrole nitrogens is 1. The molecule has 2 aromatic carbocycles. The SMILES string of the molecule is COc1ccc(-c2[nH]c3c(C(C)C)cccc3c2CCCCN)c2cccnc12. The van der Waals surface area contributed by atoms with E-state index in [1.807, 2.05) is 18.3 Å². The van der Waals surface area contributed by atoms with Crippen molar-refractivity contribution in [3.8, 4) is 17.0 Å². The highest BCUT2D eigenvalue weighted by atomic mass is 16.5. The summed E-state index contributed by atoms with van der Waals surface area (Å²) in [4.78, 5) is 8.37. The number of rotatable bonds is 7. The average Bonchev–Trinajstić information content (AvgIpc) is 3.11. The first-order valence-corrected chi connectivity index (χ1v) is 10.4. The summed E-state index contributed by atoms with van der Waals surface area (Å²) in [6.45, 7) is 5.22. The van der Waals surface area contributed by atoms with Gasteiger partial charge < -0.3 is 15.5 Å². The molecule has 4 nitrogen and oxygen atoms in total. The Morgan fingerprint density at radius 2 is 1.86 bits per heavy atom. The van der Waals surface area contributed by atoms with Crippen molar-refractivity contribution in [2.75, 3.05) is 13.7 Å². The number of aromatic amines is 1. The summed E-state index contributed by atoms with van der Waals surface area (Å²) in [6.07, 6.45) is 4.93. The van der Waals surface area contributed by atoms with Crippen molar-refractivity contribution < 1.29 is 4.74 Å². The van der Waals surface area contributed by atoms with Crippen LogP contribution in [0.5, 0.6) is 5.75 Å². The first kappa shape index (κ1) is 19.5. The topological polar surface area (TPSA) is 63.9 Å². The Bertz CT molecular complexity index is 1140. The fourth-order valence-electron chi connectivity index (χ4n) is 4.24. The van der Waals surface area contributed by atoms with Gasteiger partial charge in [0.1, 0.15) is 11.3 Å². The summed E-state index contributed by atoms with van der Waals surface area (Å²) in [5.74, 6) is 1.25. The quantitative estimate of drug-likeness (QED) is 0.394. The molecule has 4 heteroatoms. The predicted molar refractivity (Wildman–Crippen MR) is 122 cm³/mol. The van der Waals surface area contributed by atoms with Crippen LogP contribution in [-0.2, 0) is 6.42 Å². The lowest BCUT2D eigenvalue weighted by Gasteiger charge is -2.11. The van der Waals surface area contributed by atoms with Gasteiger partial charge in [-0.2, -0.15) is 0 Å². The van der Waals surface area contributed by atoms with Gasteiger partial charge in [0, 0.05) is 28.0 Å². The summed E-state index contributed by atoms with van der Waals surface area (Å²) in [6, 6.07) is 14.9. The third-order valence-electron chi connectivity index (χ3n) is 5.70. The lowest BCUT2D eigenvalue weighted by atomic mass is 9.95. The number of methoxy groups -OCH3 is 1. The van der Waals surface area contributed by atoms with Gasteiger partial charge in [0.05, 0.1) is 12.8 Å². The molecule has 2 heterocycles. The number of aryl methyl sites for hydroxylation is 1. The highest BCUT2D eigenvalue weighted by Gasteiger charge is 2.19. The minimum atomic E-state index is 0.455. The number of nitrogens with two attached hydrogens (primary N) is 1. The maximum absolute atomic E-state index is 5.77. The molecule has 0 saturated heterocycles. The monoisotopic (exact) mass is 387 g/mol. The van der Waals surface area contributed by atoms with Gasteiger partial charge in [0.2, 0.25) is 0 Å². The largest absolute Gasteiger partial charge is 0.494 e. The van der Waals surface area contributed by atoms with Gasteiger partial charge in [0.15, 0.2) is 0 Å². The van der Waals surface area contributed by atoms with Gasteiger partial charge in [-0.1, -0.05) is 38.1 Å². The second-order valence-electron chi connectivity index (χ2n) is 7.86. The van der Waals surface area contributed by atoms with Crippen molar-refractivity contribution in [2.24, 2.45) is 5.73 Å². The van der Waals surface area contributed by atoms with Crippen molar-refractivity contribution in [1.29, 1.82) is 0 Å². The lowest BCUT2D eigenvalue weighted by Crippen LogP contribution is -1.99. The van der Waals surface area contributed by atoms with Gasteiger partial charge in [-0.15, -0.1) is 0 Å². The third-order valence-corrected chi connectivity index (χ3v) is 5.70. The molecule has 0 aliphatic rings. The number of nitrogens with one attached hydrogen (secondary N) is 1. The van der Waals surface area contributed by atoms with E-state index in [-0.39, 0.29) is 0 Å². The summed E-state index contributed by atoms with van der Waals surface area (Å²) < 4.78 is 5.55. The number of unbranched alkanes of at least 4 members (excludes halogenated alkanes) is 1. The van der Waals surface area contributed by atoms with Crippen molar-refractivity contribution in [2.45, 2.75) is 39.0 Å². The van der Waals surface area contributed by atoms with E-state index in [0.717, 1.165) is 42.5 Å². The number of para-hydroxylation sites is 1. The number of ether oxygens (including phenoxy) is 1. The molecule has 0 bridgehead atoms. The van der Waals surface area contributed by atoms with Crippen molar-refractivity contribution in [1.82, 2.24) is 9.97 Å². The van der Waals surface area contributed by atoms with Crippen LogP contribution in [0.25, 0.3) is 33.1 Å². The molecule has 0 radical (unpaired) electrons. The zero-order valence-electron chi connectivity index (χ0n) is 17.5. The predicted octanol–water partition coefficient (Wildman–Crippen LogP) is 5.80. The van der Waals surface area contributed by atoms with E-state index in [9.17, 15) is 0 Å². The van der Waals surface area contributed by atoms with Crippen molar-refractivity contribution >= 4 is 21.8 Å². The molecule has 0 fully saturated rings. The highest BCUT2D eigenvalue weighted by Crippen LogP contribution is 2.39. The molecular formula is C25H29N3O. The maximum Gasteiger partial charge on any atom is 0.145 e. The first-order valence-electron chi connectivity index (χ1n) is 10.4. The van der Waals surface area contributed by atoms with E-state index in [1.165, 1.54) is 33.3 Å². The molecule has 0 aliphatic carbocycles. The van der Waals surface area contributed by atoms with E-state index in [4.69, 9.17) is 10.5 Å². The second kappa shape index (κ2) is 8.26. The van der Waals surface area contributed by atoms with Gasteiger partial charge in [0.25, 0.3) is 0 Å². The normalized spacial score (nSPS) is 11.6.